The minimum absolute atomic E-state index is 0. The van der Waals surface area contributed by atoms with Gasteiger partial charge in [0.2, 0.25) is 0 Å². The molecule has 0 radical (unpaired) electrons. The highest BCUT2D eigenvalue weighted by Gasteiger charge is 2.36. The van der Waals surface area contributed by atoms with E-state index in [4.69, 9.17) is 24.2 Å². The van der Waals surface area contributed by atoms with Crippen LogP contribution in [0.25, 0.3) is 33.4 Å². The van der Waals surface area contributed by atoms with Crippen molar-refractivity contribution >= 4 is 80.6 Å². The Bertz CT molecular complexity index is 2050. The van der Waals surface area contributed by atoms with Crippen LogP contribution in [0.3, 0.4) is 0 Å². The molecule has 3 atom stereocenters. The fourth-order valence-corrected chi connectivity index (χ4v) is 8.38. The number of amides is 3. The van der Waals surface area contributed by atoms with Crippen LogP contribution in [0.4, 0.5) is 4.79 Å². The summed E-state index contributed by atoms with van der Waals surface area (Å²) in [6, 6.07) is 8.41. The van der Waals surface area contributed by atoms with Gasteiger partial charge in [-0.3, -0.25) is 19.6 Å². The Labute approximate surface area is 367 Å². The van der Waals surface area contributed by atoms with Gasteiger partial charge in [0.05, 0.1) is 46.9 Å². The molecule has 0 aliphatic carbocycles. The van der Waals surface area contributed by atoms with Crippen molar-refractivity contribution in [2.45, 2.75) is 97.6 Å². The van der Waals surface area contributed by atoms with E-state index in [0.717, 1.165) is 51.2 Å². The third-order valence-corrected chi connectivity index (χ3v) is 11.5. The van der Waals surface area contributed by atoms with Gasteiger partial charge in [-0.2, -0.15) is 40.5 Å². The number of ether oxygens (including phenoxy) is 3. The van der Waals surface area contributed by atoms with E-state index >= 15 is 0 Å². The second-order valence-electron chi connectivity index (χ2n) is 16.0. The third kappa shape index (κ3) is 10.7. The number of carbonyl (C=O) groups excluding carboxylic acids is 3. The van der Waals surface area contributed by atoms with Crippen molar-refractivity contribution < 1.29 is 28.6 Å². The molecule has 0 unspecified atom stereocenters. The number of nitrogens with zero attached hydrogens (tertiary/aromatic N) is 5. The summed E-state index contributed by atoms with van der Waals surface area (Å²) in [6.45, 7) is 13.7. The van der Waals surface area contributed by atoms with Gasteiger partial charge in [-0.25, -0.2) is 15.2 Å². The van der Waals surface area contributed by atoms with Gasteiger partial charge >= 0.3 is 12.0 Å². The third-order valence-electron chi connectivity index (χ3n) is 10.7. The maximum atomic E-state index is 14.2. The molecule has 58 heavy (non-hydrogen) atoms. The molecule has 6 rings (SSSR count). The number of esters is 1. The SMILES string of the molecule is CCn1c(-c2cccnc2[C@H](C)OC)c2c3cc(ccc31)-c1csc(n1)C[C@H](NC(=O)N(C)CC(C)(C)OC)C(=O)N1CCC[C@H](N1)C(=O)OCC(C)(C)C2.S.S.S. The Balaban J connectivity index is 0.00000300. The summed E-state index contributed by atoms with van der Waals surface area (Å²) in [5, 5.41) is 8.20. The van der Waals surface area contributed by atoms with E-state index in [1.165, 1.54) is 21.2 Å². The fourth-order valence-electron chi connectivity index (χ4n) is 7.53. The Kier molecular flexibility index (Phi) is 17.2. The van der Waals surface area contributed by atoms with Crippen molar-refractivity contribution in [2.75, 3.05) is 41.0 Å². The molecular formula is C41H61N7O6S4. The van der Waals surface area contributed by atoms with Gasteiger partial charge < -0.3 is 29.0 Å². The van der Waals surface area contributed by atoms with Crippen molar-refractivity contribution in [1.82, 2.24) is 35.2 Å². The number of aryl methyl sites for hydroxylation is 1. The van der Waals surface area contributed by atoms with Crippen LogP contribution in [-0.2, 0) is 43.2 Å². The second-order valence-corrected chi connectivity index (χ2v) is 17.0. The quantitative estimate of drug-likeness (QED) is 0.190. The standard InChI is InChI=1S/C41H55N7O6S.3H2S/c1-10-47-33-16-15-26-19-28(33)29(36(47)27-13-11-17-42-35(27)25(2)52-8)21-40(3,4)24-54-38(50)30-14-12-18-48(45-30)37(49)31(20-34-43-32(26)22-55-34)44-39(51)46(7)23-41(5,6)53-9;;;/h11,13,15-17,19,22,25,30-31,45H,10,12,14,18,20-21,23-24H2,1-9H3,(H,44,51);3*1H2/t25-,30-,31-;;;/m0.../s1. The van der Waals surface area contributed by atoms with Crippen LogP contribution >= 0.6 is 51.8 Å². The number of hydrogen-bond acceptors (Lipinski definition) is 10. The number of fused-ring (bicyclic) bond motifs is 6. The lowest BCUT2D eigenvalue weighted by molar-refractivity contribution is -0.155. The first-order valence-corrected chi connectivity index (χ1v) is 19.9. The lowest BCUT2D eigenvalue weighted by Gasteiger charge is -2.36. The minimum atomic E-state index is -0.946. The van der Waals surface area contributed by atoms with Crippen molar-refractivity contribution in [3.8, 4) is 22.5 Å². The second kappa shape index (κ2) is 20.3. The van der Waals surface area contributed by atoms with Crippen molar-refractivity contribution in [3.05, 3.63) is 58.2 Å². The fraction of sp³-hybridized carbons (Fsp3) is 0.537. The topological polar surface area (TPSA) is 140 Å². The average molecular weight is 876 g/mol. The largest absolute Gasteiger partial charge is 0.464 e. The molecule has 1 saturated heterocycles. The zero-order valence-corrected chi connectivity index (χ0v) is 38.8. The number of thiazole rings is 1. The normalized spacial score (nSPS) is 18.8. The molecule has 1 fully saturated rings. The predicted octanol–water partition coefficient (Wildman–Crippen LogP) is 6.49. The summed E-state index contributed by atoms with van der Waals surface area (Å²) in [6.07, 6.45) is 3.46. The highest BCUT2D eigenvalue weighted by molar-refractivity contribution is 7.59. The van der Waals surface area contributed by atoms with E-state index in [2.05, 4.69) is 60.3 Å². The van der Waals surface area contributed by atoms with Crippen LogP contribution in [-0.4, -0.2) is 101 Å². The van der Waals surface area contributed by atoms with Gasteiger partial charge in [0, 0.05) is 79.8 Å². The Morgan fingerprint density at radius 2 is 1.93 bits per heavy atom. The van der Waals surface area contributed by atoms with Gasteiger partial charge in [-0.15, -0.1) is 11.3 Å². The van der Waals surface area contributed by atoms with Crippen LogP contribution in [0.5, 0.6) is 0 Å². The average Bonchev–Trinajstić information content (AvgIpc) is 3.77. The maximum Gasteiger partial charge on any atom is 0.324 e. The Hall–Kier alpha value is -3.32. The van der Waals surface area contributed by atoms with Crippen LogP contribution < -0.4 is 10.7 Å². The predicted molar refractivity (Wildman–Crippen MR) is 245 cm³/mol. The number of likely N-dealkylation sites (N-methyl/N-ethyl adjacent to an activating group) is 1. The molecule has 2 aliphatic rings. The Morgan fingerprint density at radius 1 is 1.19 bits per heavy atom. The molecule has 6 bridgehead atoms. The summed E-state index contributed by atoms with van der Waals surface area (Å²) < 4.78 is 19.7. The zero-order valence-electron chi connectivity index (χ0n) is 35.0. The molecule has 3 amide bonds. The highest BCUT2D eigenvalue weighted by atomic mass is 32.1. The molecule has 0 spiro atoms. The molecule has 320 valence electrons. The number of urea groups is 1. The van der Waals surface area contributed by atoms with Crippen molar-refractivity contribution in [3.63, 3.8) is 0 Å². The molecule has 13 nitrogen and oxygen atoms in total. The summed E-state index contributed by atoms with van der Waals surface area (Å²) in [4.78, 5) is 52.7. The van der Waals surface area contributed by atoms with Crippen molar-refractivity contribution in [1.29, 1.82) is 0 Å². The van der Waals surface area contributed by atoms with Gasteiger partial charge in [0.1, 0.15) is 12.1 Å². The molecule has 17 heteroatoms. The number of benzene rings is 1. The van der Waals surface area contributed by atoms with Crippen LogP contribution in [0.15, 0.2) is 41.9 Å². The number of cyclic esters (lactones) is 1. The minimum Gasteiger partial charge on any atom is -0.464 e. The number of aromatic nitrogens is 3. The van der Waals surface area contributed by atoms with Gasteiger partial charge in [0.15, 0.2) is 0 Å². The van der Waals surface area contributed by atoms with E-state index in [1.54, 1.807) is 27.5 Å². The molecule has 4 aromatic rings. The number of carbonyl (C=O) groups is 3. The van der Waals surface area contributed by atoms with E-state index in [9.17, 15) is 14.4 Å². The first kappa shape index (κ1) is 49.0. The summed E-state index contributed by atoms with van der Waals surface area (Å²) >= 11 is 1.45. The van der Waals surface area contributed by atoms with E-state index in [-0.39, 0.29) is 65.5 Å². The lowest BCUT2D eigenvalue weighted by Crippen LogP contribution is -2.61. The van der Waals surface area contributed by atoms with Crippen molar-refractivity contribution in [2.24, 2.45) is 5.41 Å². The van der Waals surface area contributed by atoms with Crippen LogP contribution in [0.2, 0.25) is 0 Å². The van der Waals surface area contributed by atoms with Gasteiger partial charge in [-0.1, -0.05) is 19.9 Å². The molecule has 1 aromatic carbocycles. The monoisotopic (exact) mass is 875 g/mol. The highest BCUT2D eigenvalue weighted by Crippen LogP contribution is 2.42. The number of nitrogens with one attached hydrogen (secondary N) is 2. The first-order valence-electron chi connectivity index (χ1n) is 19.0. The zero-order chi connectivity index (χ0) is 39.7. The van der Waals surface area contributed by atoms with Gasteiger partial charge in [-0.05, 0) is 76.8 Å². The molecular weight excluding hydrogens is 815 g/mol. The maximum absolute atomic E-state index is 14.2. The van der Waals surface area contributed by atoms with E-state index in [1.807, 2.05) is 32.2 Å². The molecule has 2 aliphatic heterocycles. The number of hydrazine groups is 1. The number of methoxy groups -OCH3 is 2. The molecule has 0 saturated carbocycles. The molecule has 5 heterocycles. The first-order chi connectivity index (χ1) is 26.1. The Morgan fingerprint density at radius 3 is 2.62 bits per heavy atom. The smallest absolute Gasteiger partial charge is 0.324 e. The summed E-state index contributed by atoms with van der Waals surface area (Å²) in [7, 11) is 4.96. The molecule has 3 aromatic heterocycles. The van der Waals surface area contributed by atoms with Crippen LogP contribution in [0.1, 0.15) is 76.8 Å². The lowest BCUT2D eigenvalue weighted by atomic mass is 9.84. The summed E-state index contributed by atoms with van der Waals surface area (Å²) in [5.74, 6) is -0.763. The molecule has 2 N–H and O–H groups in total. The van der Waals surface area contributed by atoms with Crippen LogP contribution in [0, 0.1) is 5.41 Å². The number of pyridine rings is 1. The van der Waals surface area contributed by atoms with E-state index < -0.39 is 35.1 Å². The van der Waals surface area contributed by atoms with Gasteiger partial charge in [0.25, 0.3) is 5.91 Å². The number of rotatable bonds is 8. The number of hydrogen-bond donors (Lipinski definition) is 2. The summed E-state index contributed by atoms with van der Waals surface area (Å²) in [5.41, 5.74) is 8.93. The van der Waals surface area contributed by atoms with E-state index in [0.29, 0.717) is 37.4 Å².